The molecule has 0 aliphatic heterocycles. The normalized spacial score (nSPS) is 14.3. The number of rotatable bonds is 7. The summed E-state index contributed by atoms with van der Waals surface area (Å²) in [5.74, 6) is 3.29. The van der Waals surface area contributed by atoms with Gasteiger partial charge in [0.1, 0.15) is 5.75 Å². The second kappa shape index (κ2) is 7.70. The van der Waals surface area contributed by atoms with Gasteiger partial charge in [-0.05, 0) is 32.6 Å². The van der Waals surface area contributed by atoms with Crippen molar-refractivity contribution in [3.05, 3.63) is 29.3 Å². The average molecular weight is 267 g/mol. The van der Waals surface area contributed by atoms with Crippen molar-refractivity contribution in [3.63, 3.8) is 0 Å². The lowest BCUT2D eigenvalue weighted by atomic mass is 10.0. The van der Waals surface area contributed by atoms with Gasteiger partial charge in [0.05, 0.1) is 7.11 Å². The molecule has 2 nitrogen and oxygen atoms in total. The van der Waals surface area contributed by atoms with Crippen LogP contribution in [0.1, 0.15) is 37.9 Å². The van der Waals surface area contributed by atoms with Gasteiger partial charge in [0.2, 0.25) is 0 Å². The van der Waals surface area contributed by atoms with E-state index in [-0.39, 0.29) is 0 Å². The fraction of sp³-hybridized carbons (Fsp3) is 0.600. The fourth-order valence-electron chi connectivity index (χ4n) is 2.05. The summed E-state index contributed by atoms with van der Waals surface area (Å²) in [6.45, 7) is 8.75. The van der Waals surface area contributed by atoms with E-state index >= 15 is 0 Å². The number of nitrogens with one attached hydrogen (secondary N) is 1. The Morgan fingerprint density at radius 3 is 2.67 bits per heavy atom. The second-order valence-electron chi connectivity index (χ2n) is 4.69. The molecule has 0 fully saturated rings. The van der Waals surface area contributed by atoms with Crippen molar-refractivity contribution in [1.82, 2.24) is 5.32 Å². The fourth-order valence-corrected chi connectivity index (χ4v) is 2.74. The van der Waals surface area contributed by atoms with E-state index in [1.807, 2.05) is 17.8 Å². The van der Waals surface area contributed by atoms with Gasteiger partial charge in [0, 0.05) is 23.4 Å². The van der Waals surface area contributed by atoms with Crippen LogP contribution in [0.15, 0.2) is 18.2 Å². The summed E-state index contributed by atoms with van der Waals surface area (Å²) in [5.41, 5.74) is 2.51. The number of ether oxygens (including phenoxy) is 1. The first kappa shape index (κ1) is 15.4. The van der Waals surface area contributed by atoms with Crippen molar-refractivity contribution in [2.24, 2.45) is 0 Å². The van der Waals surface area contributed by atoms with Gasteiger partial charge >= 0.3 is 0 Å². The minimum atomic E-state index is 0.312. The highest BCUT2D eigenvalue weighted by Gasteiger charge is 2.13. The molecule has 0 amide bonds. The van der Waals surface area contributed by atoms with Gasteiger partial charge in [-0.3, -0.25) is 0 Å². The first-order valence-corrected chi connectivity index (χ1v) is 7.72. The Kier molecular flexibility index (Phi) is 6.58. The van der Waals surface area contributed by atoms with Gasteiger partial charge in [-0.25, -0.2) is 0 Å². The highest BCUT2D eigenvalue weighted by Crippen LogP contribution is 2.26. The predicted octanol–water partition coefficient (Wildman–Crippen LogP) is 3.80. The topological polar surface area (TPSA) is 21.3 Å². The Labute approximate surface area is 116 Å². The molecule has 18 heavy (non-hydrogen) atoms. The molecule has 3 heteroatoms. The van der Waals surface area contributed by atoms with Crippen molar-refractivity contribution in [2.75, 3.05) is 18.6 Å². The Morgan fingerprint density at radius 2 is 2.06 bits per heavy atom. The molecule has 0 spiro atoms. The maximum Gasteiger partial charge on any atom is 0.123 e. The highest BCUT2D eigenvalue weighted by atomic mass is 32.2. The second-order valence-corrected chi connectivity index (χ2v) is 6.01. The minimum absolute atomic E-state index is 0.312. The molecule has 1 N–H and O–H groups in total. The van der Waals surface area contributed by atoms with Crippen LogP contribution in [0.25, 0.3) is 0 Å². The van der Waals surface area contributed by atoms with Crippen molar-refractivity contribution >= 4 is 11.8 Å². The molecular formula is C15H25NOS. The molecule has 0 radical (unpaired) electrons. The van der Waals surface area contributed by atoms with Crippen LogP contribution in [0.3, 0.4) is 0 Å². The van der Waals surface area contributed by atoms with Crippen LogP contribution in [0, 0.1) is 6.92 Å². The lowest BCUT2D eigenvalue weighted by molar-refractivity contribution is 0.398. The molecule has 0 saturated heterocycles. The van der Waals surface area contributed by atoms with E-state index in [0.717, 1.165) is 11.5 Å². The van der Waals surface area contributed by atoms with E-state index in [2.05, 4.69) is 45.1 Å². The van der Waals surface area contributed by atoms with E-state index in [0.29, 0.717) is 12.1 Å². The Bertz CT molecular complexity index is 368. The molecule has 0 aliphatic rings. The number of benzene rings is 1. The summed E-state index contributed by atoms with van der Waals surface area (Å²) in [4.78, 5) is 0. The smallest absolute Gasteiger partial charge is 0.123 e. The van der Waals surface area contributed by atoms with Gasteiger partial charge in [-0.15, -0.1) is 0 Å². The van der Waals surface area contributed by atoms with Crippen LogP contribution < -0.4 is 10.1 Å². The molecule has 1 aromatic carbocycles. The molecule has 2 unspecified atom stereocenters. The average Bonchev–Trinajstić information content (AvgIpc) is 2.36. The zero-order valence-electron chi connectivity index (χ0n) is 12.1. The van der Waals surface area contributed by atoms with E-state index in [1.54, 1.807) is 7.11 Å². The van der Waals surface area contributed by atoms with Crippen molar-refractivity contribution in [1.29, 1.82) is 0 Å². The third-order valence-corrected chi connectivity index (χ3v) is 4.10. The van der Waals surface area contributed by atoms with Gasteiger partial charge in [-0.2, -0.15) is 11.8 Å². The van der Waals surface area contributed by atoms with Crippen molar-refractivity contribution < 1.29 is 4.74 Å². The predicted molar refractivity (Wildman–Crippen MR) is 81.7 cm³/mol. The SMILES string of the molecule is CCSCC(C)NC(C)c1cc(C)ccc1OC. The Hall–Kier alpha value is -0.670. The van der Waals surface area contributed by atoms with Crippen LogP contribution in [0.5, 0.6) is 5.75 Å². The van der Waals surface area contributed by atoms with Crippen LogP contribution in [-0.4, -0.2) is 24.7 Å². The first-order chi connectivity index (χ1) is 8.58. The zero-order chi connectivity index (χ0) is 13.5. The molecule has 0 saturated carbocycles. The third-order valence-electron chi connectivity index (χ3n) is 2.96. The lowest BCUT2D eigenvalue weighted by Crippen LogP contribution is -2.31. The molecule has 102 valence electrons. The molecule has 0 heterocycles. The summed E-state index contributed by atoms with van der Waals surface area (Å²) in [5, 5.41) is 3.63. The summed E-state index contributed by atoms with van der Waals surface area (Å²) in [7, 11) is 1.73. The van der Waals surface area contributed by atoms with Gasteiger partial charge in [0.15, 0.2) is 0 Å². The van der Waals surface area contributed by atoms with Crippen molar-refractivity contribution in [3.8, 4) is 5.75 Å². The Balaban J connectivity index is 2.70. The third kappa shape index (κ3) is 4.54. The number of thioether (sulfide) groups is 1. The summed E-state index contributed by atoms with van der Waals surface area (Å²) in [6, 6.07) is 7.16. The number of aryl methyl sites for hydroxylation is 1. The van der Waals surface area contributed by atoms with Gasteiger partial charge in [0.25, 0.3) is 0 Å². The first-order valence-electron chi connectivity index (χ1n) is 6.56. The zero-order valence-corrected chi connectivity index (χ0v) is 12.9. The number of hydrogen-bond donors (Lipinski definition) is 1. The molecule has 1 rings (SSSR count). The maximum absolute atomic E-state index is 5.44. The number of hydrogen-bond acceptors (Lipinski definition) is 3. The molecule has 0 aliphatic carbocycles. The van der Waals surface area contributed by atoms with E-state index in [9.17, 15) is 0 Å². The molecule has 2 atom stereocenters. The maximum atomic E-state index is 5.44. The van der Waals surface area contributed by atoms with Crippen molar-refractivity contribution in [2.45, 2.75) is 39.8 Å². The largest absolute Gasteiger partial charge is 0.496 e. The van der Waals surface area contributed by atoms with Crippen LogP contribution in [0.2, 0.25) is 0 Å². The molecule has 0 aromatic heterocycles. The molecule has 0 bridgehead atoms. The minimum Gasteiger partial charge on any atom is -0.496 e. The van der Waals surface area contributed by atoms with E-state index in [1.165, 1.54) is 16.9 Å². The molecular weight excluding hydrogens is 242 g/mol. The lowest BCUT2D eigenvalue weighted by Gasteiger charge is -2.22. The van der Waals surface area contributed by atoms with E-state index in [4.69, 9.17) is 4.74 Å². The standard InChI is InChI=1S/C15H25NOS/c1-6-18-10-12(3)16-13(4)14-9-11(2)7-8-15(14)17-5/h7-9,12-13,16H,6,10H2,1-5H3. The molecule has 1 aromatic rings. The quantitative estimate of drug-likeness (QED) is 0.812. The van der Waals surface area contributed by atoms with E-state index < -0.39 is 0 Å². The number of methoxy groups -OCH3 is 1. The highest BCUT2D eigenvalue weighted by molar-refractivity contribution is 7.99. The van der Waals surface area contributed by atoms with Crippen LogP contribution in [0.4, 0.5) is 0 Å². The summed E-state index contributed by atoms with van der Waals surface area (Å²) < 4.78 is 5.44. The monoisotopic (exact) mass is 267 g/mol. The van der Waals surface area contributed by atoms with Crippen LogP contribution >= 0.6 is 11.8 Å². The summed E-state index contributed by atoms with van der Waals surface area (Å²) in [6.07, 6.45) is 0. The van der Waals surface area contributed by atoms with Gasteiger partial charge in [-0.1, -0.05) is 24.6 Å². The van der Waals surface area contributed by atoms with Crippen LogP contribution in [-0.2, 0) is 0 Å². The Morgan fingerprint density at radius 1 is 1.33 bits per heavy atom. The summed E-state index contributed by atoms with van der Waals surface area (Å²) >= 11 is 1.97. The van der Waals surface area contributed by atoms with Gasteiger partial charge < -0.3 is 10.1 Å².